The molecule has 39 heavy (non-hydrogen) atoms. The first-order chi connectivity index (χ1) is 18.7. The monoisotopic (exact) mass is 551 g/mol. The molecule has 4 rings (SSSR count). The first-order valence-corrected chi connectivity index (χ1v) is 13.2. The number of aromatic nitrogens is 1. The van der Waals surface area contributed by atoms with Gasteiger partial charge >= 0.3 is 0 Å². The number of anilines is 1. The molecule has 12 heteroatoms. The van der Waals surface area contributed by atoms with Crippen LogP contribution < -0.4 is 10.1 Å². The fourth-order valence-corrected chi connectivity index (χ4v) is 3.99. The van der Waals surface area contributed by atoms with Crippen LogP contribution in [0.3, 0.4) is 0 Å². The highest BCUT2D eigenvalue weighted by atomic mass is 32.2. The number of carbonyl (C=O) groups is 1. The summed E-state index contributed by atoms with van der Waals surface area (Å²) in [4.78, 5) is 17.3. The predicted molar refractivity (Wildman–Crippen MR) is 139 cm³/mol. The van der Waals surface area contributed by atoms with Crippen molar-refractivity contribution in [3.05, 3.63) is 89.6 Å². The zero-order valence-electron chi connectivity index (χ0n) is 20.8. The molecule has 1 amide bonds. The van der Waals surface area contributed by atoms with Crippen molar-refractivity contribution in [2.24, 2.45) is 0 Å². The molecule has 0 saturated carbocycles. The standard InChI is InChI=1S/C27H22FN3O7S/c1-35-16-37-25-12-19(28)8-9-20(25)23-13-21(18-6-3-5-17(11-18)15-38-39(2,33)34)22(14-29)26(30-23)31-27(32)24-7-4-10-36-24/h3-13H,15-16H2,1-2H3,(H,30,31,32). The third kappa shape index (κ3) is 6.85. The van der Waals surface area contributed by atoms with E-state index in [0.29, 0.717) is 22.3 Å². The van der Waals surface area contributed by atoms with Gasteiger partial charge in [0.05, 0.1) is 24.8 Å². The average Bonchev–Trinajstić information content (AvgIpc) is 3.46. The van der Waals surface area contributed by atoms with Crippen molar-refractivity contribution in [2.75, 3.05) is 25.5 Å². The lowest BCUT2D eigenvalue weighted by atomic mass is 9.96. The van der Waals surface area contributed by atoms with Crippen LogP contribution in [0, 0.1) is 17.1 Å². The van der Waals surface area contributed by atoms with Crippen LogP contribution in [0.25, 0.3) is 22.4 Å². The maximum absolute atomic E-state index is 14.1. The number of pyridine rings is 1. The van der Waals surface area contributed by atoms with Crippen molar-refractivity contribution in [2.45, 2.75) is 6.61 Å². The third-order valence-corrected chi connectivity index (χ3v) is 5.88. The minimum absolute atomic E-state index is 0.00142. The number of ether oxygens (including phenoxy) is 2. The number of carbonyl (C=O) groups excluding carboxylic acids is 1. The number of nitrogens with one attached hydrogen (secondary N) is 1. The van der Waals surface area contributed by atoms with Crippen LogP contribution in [-0.2, 0) is 25.6 Å². The van der Waals surface area contributed by atoms with Gasteiger partial charge in [0.25, 0.3) is 16.0 Å². The second kappa shape index (κ2) is 11.9. The topological polar surface area (TPSA) is 141 Å². The first-order valence-electron chi connectivity index (χ1n) is 11.3. The number of nitriles is 1. The van der Waals surface area contributed by atoms with Gasteiger partial charge in [-0.2, -0.15) is 13.7 Å². The van der Waals surface area contributed by atoms with E-state index in [0.717, 1.165) is 12.3 Å². The number of hydrogen-bond acceptors (Lipinski definition) is 9. The van der Waals surface area contributed by atoms with Gasteiger partial charge in [0, 0.05) is 24.3 Å². The molecule has 4 aromatic rings. The van der Waals surface area contributed by atoms with Crippen LogP contribution >= 0.6 is 0 Å². The molecule has 0 aliphatic carbocycles. The maximum Gasteiger partial charge on any atom is 0.292 e. The van der Waals surface area contributed by atoms with E-state index < -0.39 is 21.8 Å². The molecular formula is C27H22FN3O7S. The largest absolute Gasteiger partial charge is 0.467 e. The normalized spacial score (nSPS) is 11.1. The SMILES string of the molecule is COCOc1cc(F)ccc1-c1cc(-c2cccc(COS(C)(=O)=O)c2)c(C#N)c(NC(=O)c2ccco2)n1. The van der Waals surface area contributed by atoms with Gasteiger partial charge in [-0.3, -0.25) is 8.98 Å². The lowest BCUT2D eigenvalue weighted by Crippen LogP contribution is -2.14. The Morgan fingerprint density at radius 3 is 2.64 bits per heavy atom. The van der Waals surface area contributed by atoms with Crippen LogP contribution in [0.1, 0.15) is 21.7 Å². The van der Waals surface area contributed by atoms with Crippen LogP contribution in [0.2, 0.25) is 0 Å². The van der Waals surface area contributed by atoms with Crippen molar-refractivity contribution in [1.29, 1.82) is 5.26 Å². The lowest BCUT2D eigenvalue weighted by Gasteiger charge is -2.16. The summed E-state index contributed by atoms with van der Waals surface area (Å²) in [5.41, 5.74) is 2.04. The fraction of sp³-hybridized carbons (Fsp3) is 0.148. The summed E-state index contributed by atoms with van der Waals surface area (Å²) < 4.78 is 57.5. The Bertz CT molecular complexity index is 1650. The van der Waals surface area contributed by atoms with E-state index >= 15 is 0 Å². The quantitative estimate of drug-likeness (QED) is 0.219. The Kier molecular flexibility index (Phi) is 8.36. The summed E-state index contributed by atoms with van der Waals surface area (Å²) in [6.45, 7) is -0.383. The van der Waals surface area contributed by atoms with Gasteiger partial charge in [-0.15, -0.1) is 0 Å². The molecular weight excluding hydrogens is 529 g/mol. The molecule has 2 aromatic heterocycles. The van der Waals surface area contributed by atoms with Gasteiger partial charge in [0.15, 0.2) is 18.4 Å². The fourth-order valence-electron chi connectivity index (χ4n) is 3.64. The number of furan rings is 1. The molecule has 2 aromatic carbocycles. The number of halogens is 1. The molecule has 0 radical (unpaired) electrons. The zero-order valence-corrected chi connectivity index (χ0v) is 21.6. The number of amides is 1. The van der Waals surface area contributed by atoms with Crippen molar-refractivity contribution >= 4 is 21.8 Å². The van der Waals surface area contributed by atoms with Crippen molar-refractivity contribution in [3.63, 3.8) is 0 Å². The molecule has 0 aliphatic heterocycles. The van der Waals surface area contributed by atoms with Gasteiger partial charge in [0.1, 0.15) is 23.2 Å². The highest BCUT2D eigenvalue weighted by molar-refractivity contribution is 7.85. The van der Waals surface area contributed by atoms with E-state index in [-0.39, 0.29) is 42.0 Å². The van der Waals surface area contributed by atoms with Gasteiger partial charge in [-0.05, 0) is 47.5 Å². The second-order valence-electron chi connectivity index (χ2n) is 8.18. The zero-order chi connectivity index (χ0) is 28.0. The molecule has 0 unspecified atom stereocenters. The number of rotatable bonds is 10. The molecule has 200 valence electrons. The molecule has 0 aliphatic rings. The van der Waals surface area contributed by atoms with Gasteiger partial charge in [0.2, 0.25) is 0 Å². The first kappa shape index (κ1) is 27.5. The van der Waals surface area contributed by atoms with Crippen LogP contribution in [-0.4, -0.2) is 39.5 Å². The van der Waals surface area contributed by atoms with E-state index in [1.807, 2.05) is 0 Å². The van der Waals surface area contributed by atoms with E-state index in [1.54, 1.807) is 30.3 Å². The summed E-state index contributed by atoms with van der Waals surface area (Å²) in [5.74, 6) is -1.15. The molecule has 0 spiro atoms. The summed E-state index contributed by atoms with van der Waals surface area (Å²) in [5, 5.41) is 12.7. The lowest BCUT2D eigenvalue weighted by molar-refractivity contribution is 0.0513. The number of methoxy groups -OCH3 is 1. The second-order valence-corrected chi connectivity index (χ2v) is 9.82. The van der Waals surface area contributed by atoms with Crippen molar-refractivity contribution in [3.8, 4) is 34.2 Å². The molecule has 0 fully saturated rings. The Hall–Kier alpha value is -4.57. The number of benzene rings is 2. The van der Waals surface area contributed by atoms with Crippen LogP contribution in [0.5, 0.6) is 5.75 Å². The number of nitrogens with zero attached hydrogens (tertiary/aromatic N) is 2. The summed E-state index contributed by atoms with van der Waals surface area (Å²) in [6, 6.07) is 17.2. The highest BCUT2D eigenvalue weighted by Gasteiger charge is 2.21. The predicted octanol–water partition coefficient (Wildman–Crippen LogP) is 4.73. The molecule has 2 heterocycles. The highest BCUT2D eigenvalue weighted by Crippen LogP contribution is 2.37. The maximum atomic E-state index is 14.1. The Balaban J connectivity index is 1.88. The minimum Gasteiger partial charge on any atom is -0.467 e. The van der Waals surface area contributed by atoms with E-state index in [4.69, 9.17) is 18.1 Å². The number of hydrogen-bond donors (Lipinski definition) is 1. The van der Waals surface area contributed by atoms with Crippen LogP contribution in [0.4, 0.5) is 10.2 Å². The third-order valence-electron chi connectivity index (χ3n) is 5.34. The summed E-state index contributed by atoms with van der Waals surface area (Å²) in [6.07, 6.45) is 2.27. The van der Waals surface area contributed by atoms with Gasteiger partial charge in [-0.1, -0.05) is 18.2 Å². The van der Waals surface area contributed by atoms with Crippen LogP contribution in [0.15, 0.2) is 71.3 Å². The van der Waals surface area contributed by atoms with Crippen molar-refractivity contribution < 1.29 is 35.7 Å². The molecule has 0 bridgehead atoms. The summed E-state index contributed by atoms with van der Waals surface area (Å²) in [7, 11) is -2.27. The van der Waals surface area contributed by atoms with E-state index in [1.165, 1.54) is 37.6 Å². The molecule has 10 nitrogen and oxygen atoms in total. The Morgan fingerprint density at radius 2 is 1.95 bits per heavy atom. The van der Waals surface area contributed by atoms with Crippen molar-refractivity contribution in [1.82, 2.24) is 4.98 Å². The molecule has 0 saturated heterocycles. The van der Waals surface area contributed by atoms with E-state index in [9.17, 15) is 22.9 Å². The van der Waals surface area contributed by atoms with E-state index in [2.05, 4.69) is 16.4 Å². The van der Waals surface area contributed by atoms with Gasteiger partial charge in [-0.25, -0.2) is 9.37 Å². The minimum atomic E-state index is -3.69. The Morgan fingerprint density at radius 1 is 1.13 bits per heavy atom. The summed E-state index contributed by atoms with van der Waals surface area (Å²) >= 11 is 0. The smallest absolute Gasteiger partial charge is 0.292 e. The Labute approximate surface area is 223 Å². The average molecular weight is 552 g/mol. The molecule has 1 N–H and O–H groups in total. The molecule has 0 atom stereocenters. The van der Waals surface area contributed by atoms with Gasteiger partial charge < -0.3 is 19.2 Å².